The molecule has 1 amide bonds. The average Bonchev–Trinajstić information content (AvgIpc) is 3.10. The molecular weight excluding hydrogens is 350 g/mol. The lowest BCUT2D eigenvalue weighted by Gasteiger charge is -2.05. The van der Waals surface area contributed by atoms with Crippen LogP contribution >= 0.6 is 11.3 Å². The van der Waals surface area contributed by atoms with Gasteiger partial charge in [0.1, 0.15) is 10.8 Å². The topological polar surface area (TPSA) is 81.2 Å². The van der Waals surface area contributed by atoms with Gasteiger partial charge in [-0.15, -0.1) is 10.2 Å². The van der Waals surface area contributed by atoms with Gasteiger partial charge in [-0.25, -0.2) is 0 Å². The van der Waals surface area contributed by atoms with Gasteiger partial charge in [0, 0.05) is 24.8 Å². The second-order valence-corrected chi connectivity index (χ2v) is 7.01. The standard InChI is InChI=1S/C19H25N3O3S/c1-3-5-6-18-21-22-19(26-18)20-17(24)12-11-16(23)14-7-9-15(10-8-14)25-13-4-2/h7-10H,3-6,11-13H2,1-2H3,(H,20,22,24). The molecule has 0 spiro atoms. The molecule has 0 fully saturated rings. The van der Waals surface area contributed by atoms with Gasteiger partial charge in [0.05, 0.1) is 6.61 Å². The van der Waals surface area contributed by atoms with Gasteiger partial charge in [-0.3, -0.25) is 9.59 Å². The van der Waals surface area contributed by atoms with Gasteiger partial charge in [0.25, 0.3) is 0 Å². The molecule has 0 saturated carbocycles. The lowest BCUT2D eigenvalue weighted by molar-refractivity contribution is -0.116. The summed E-state index contributed by atoms with van der Waals surface area (Å²) in [6, 6.07) is 7.02. The highest BCUT2D eigenvalue weighted by atomic mass is 32.1. The van der Waals surface area contributed by atoms with Gasteiger partial charge in [-0.2, -0.15) is 0 Å². The minimum Gasteiger partial charge on any atom is -0.494 e. The summed E-state index contributed by atoms with van der Waals surface area (Å²) >= 11 is 1.39. The van der Waals surface area contributed by atoms with E-state index in [1.807, 2.05) is 6.92 Å². The van der Waals surface area contributed by atoms with Crippen molar-refractivity contribution in [2.24, 2.45) is 0 Å². The van der Waals surface area contributed by atoms with Crippen molar-refractivity contribution >= 4 is 28.2 Å². The number of nitrogens with zero attached hydrogens (tertiary/aromatic N) is 2. The Hall–Kier alpha value is -2.28. The second-order valence-electron chi connectivity index (χ2n) is 5.95. The van der Waals surface area contributed by atoms with E-state index in [9.17, 15) is 9.59 Å². The Morgan fingerprint density at radius 1 is 1.08 bits per heavy atom. The minimum absolute atomic E-state index is 0.0666. The molecule has 2 rings (SSSR count). The van der Waals surface area contributed by atoms with Crippen LogP contribution in [0, 0.1) is 0 Å². The first kappa shape index (κ1) is 20.0. The van der Waals surface area contributed by atoms with Gasteiger partial charge in [0.15, 0.2) is 5.78 Å². The molecule has 140 valence electrons. The molecule has 0 aliphatic carbocycles. The number of ketones is 1. The fraction of sp³-hybridized carbons (Fsp3) is 0.474. The molecule has 1 aromatic heterocycles. The predicted molar refractivity (Wildman–Crippen MR) is 103 cm³/mol. The van der Waals surface area contributed by atoms with E-state index in [4.69, 9.17) is 4.74 Å². The zero-order chi connectivity index (χ0) is 18.8. The van der Waals surface area contributed by atoms with Crippen molar-refractivity contribution in [1.82, 2.24) is 10.2 Å². The van der Waals surface area contributed by atoms with E-state index in [1.54, 1.807) is 24.3 Å². The summed E-state index contributed by atoms with van der Waals surface area (Å²) in [5.41, 5.74) is 0.583. The summed E-state index contributed by atoms with van der Waals surface area (Å²) < 4.78 is 5.49. The van der Waals surface area contributed by atoms with Crippen molar-refractivity contribution in [3.8, 4) is 5.75 Å². The Bertz CT molecular complexity index is 713. The SMILES string of the molecule is CCCCc1nnc(NC(=O)CCC(=O)c2ccc(OCCC)cc2)s1. The van der Waals surface area contributed by atoms with E-state index in [2.05, 4.69) is 22.4 Å². The molecule has 0 aliphatic rings. The molecule has 7 heteroatoms. The van der Waals surface area contributed by atoms with E-state index in [0.717, 1.165) is 36.4 Å². The van der Waals surface area contributed by atoms with Crippen LogP contribution in [-0.4, -0.2) is 28.5 Å². The molecule has 2 aromatic rings. The van der Waals surface area contributed by atoms with Crippen LogP contribution in [0.1, 0.15) is 61.3 Å². The van der Waals surface area contributed by atoms with Crippen LogP contribution in [0.2, 0.25) is 0 Å². The van der Waals surface area contributed by atoms with Crippen LogP contribution < -0.4 is 10.1 Å². The van der Waals surface area contributed by atoms with Gasteiger partial charge in [-0.05, 0) is 37.1 Å². The summed E-state index contributed by atoms with van der Waals surface area (Å²) in [5, 5.41) is 12.1. The first-order valence-electron chi connectivity index (χ1n) is 9.00. The number of benzene rings is 1. The van der Waals surface area contributed by atoms with E-state index in [0.29, 0.717) is 17.3 Å². The number of rotatable bonds is 11. The summed E-state index contributed by atoms with van der Waals surface area (Å²) in [4.78, 5) is 24.2. The Balaban J connectivity index is 1.77. The maximum absolute atomic E-state index is 12.2. The Labute approximate surface area is 158 Å². The quantitative estimate of drug-likeness (QED) is 0.593. The number of hydrogen-bond acceptors (Lipinski definition) is 6. The number of hydrogen-bond donors (Lipinski definition) is 1. The fourth-order valence-corrected chi connectivity index (χ4v) is 3.04. The number of anilines is 1. The molecule has 1 heterocycles. The Morgan fingerprint density at radius 3 is 2.54 bits per heavy atom. The molecule has 0 bridgehead atoms. The van der Waals surface area contributed by atoms with Crippen LogP contribution in [0.15, 0.2) is 24.3 Å². The van der Waals surface area contributed by atoms with Crippen molar-refractivity contribution < 1.29 is 14.3 Å². The number of amides is 1. The molecule has 0 saturated heterocycles. The molecule has 6 nitrogen and oxygen atoms in total. The third kappa shape index (κ3) is 6.55. The van der Waals surface area contributed by atoms with E-state index < -0.39 is 0 Å². The zero-order valence-electron chi connectivity index (χ0n) is 15.3. The lowest BCUT2D eigenvalue weighted by Crippen LogP contribution is -2.13. The number of ether oxygens (including phenoxy) is 1. The summed E-state index contributed by atoms with van der Waals surface area (Å²) in [7, 11) is 0. The first-order valence-corrected chi connectivity index (χ1v) is 9.82. The monoisotopic (exact) mass is 375 g/mol. The highest BCUT2D eigenvalue weighted by Crippen LogP contribution is 2.18. The van der Waals surface area contributed by atoms with Crippen molar-refractivity contribution in [2.75, 3.05) is 11.9 Å². The first-order chi connectivity index (χ1) is 12.6. The van der Waals surface area contributed by atoms with Crippen LogP contribution in [0.25, 0.3) is 0 Å². The van der Waals surface area contributed by atoms with Crippen LogP contribution in [0.5, 0.6) is 5.75 Å². The average molecular weight is 375 g/mol. The number of aromatic nitrogens is 2. The molecular formula is C19H25N3O3S. The predicted octanol–water partition coefficient (Wildman–Crippen LogP) is 4.27. The maximum atomic E-state index is 12.2. The number of Topliss-reactive ketones (excluding diaryl/α,β-unsaturated/α-hetero) is 1. The molecule has 0 radical (unpaired) electrons. The fourth-order valence-electron chi connectivity index (χ4n) is 2.24. The van der Waals surface area contributed by atoms with Gasteiger partial charge >= 0.3 is 0 Å². The molecule has 0 atom stereocenters. The van der Waals surface area contributed by atoms with Crippen LogP contribution in [0.3, 0.4) is 0 Å². The number of aryl methyl sites for hydroxylation is 1. The number of carbonyl (C=O) groups is 2. The third-order valence-electron chi connectivity index (χ3n) is 3.69. The molecule has 0 aliphatic heterocycles. The zero-order valence-corrected chi connectivity index (χ0v) is 16.1. The van der Waals surface area contributed by atoms with Gasteiger partial charge in [-0.1, -0.05) is 31.6 Å². The van der Waals surface area contributed by atoms with Crippen LogP contribution in [-0.2, 0) is 11.2 Å². The molecule has 1 aromatic carbocycles. The van der Waals surface area contributed by atoms with E-state index >= 15 is 0 Å². The van der Waals surface area contributed by atoms with Crippen molar-refractivity contribution in [2.45, 2.75) is 52.4 Å². The smallest absolute Gasteiger partial charge is 0.226 e. The number of unbranched alkanes of at least 4 members (excludes halogenated alkanes) is 1. The minimum atomic E-state index is -0.223. The van der Waals surface area contributed by atoms with Crippen LogP contribution in [0.4, 0.5) is 5.13 Å². The van der Waals surface area contributed by atoms with E-state index in [-0.39, 0.29) is 24.5 Å². The highest BCUT2D eigenvalue weighted by molar-refractivity contribution is 7.15. The number of carbonyl (C=O) groups excluding carboxylic acids is 2. The van der Waals surface area contributed by atoms with Gasteiger partial charge in [0.2, 0.25) is 11.0 Å². The third-order valence-corrected chi connectivity index (χ3v) is 4.58. The second kappa shape index (κ2) is 10.7. The largest absolute Gasteiger partial charge is 0.494 e. The summed E-state index contributed by atoms with van der Waals surface area (Å²) in [6.07, 6.45) is 4.23. The van der Waals surface area contributed by atoms with Crippen molar-refractivity contribution in [3.05, 3.63) is 34.8 Å². The normalized spacial score (nSPS) is 10.5. The Kier molecular flexibility index (Phi) is 8.21. The summed E-state index contributed by atoms with van der Waals surface area (Å²) in [5.74, 6) is 0.457. The van der Waals surface area contributed by atoms with Gasteiger partial charge < -0.3 is 10.1 Å². The molecule has 0 unspecified atom stereocenters. The molecule has 1 N–H and O–H groups in total. The van der Waals surface area contributed by atoms with Crippen molar-refractivity contribution in [3.63, 3.8) is 0 Å². The maximum Gasteiger partial charge on any atom is 0.226 e. The lowest BCUT2D eigenvalue weighted by atomic mass is 10.1. The van der Waals surface area contributed by atoms with Crippen molar-refractivity contribution in [1.29, 1.82) is 0 Å². The highest BCUT2D eigenvalue weighted by Gasteiger charge is 2.12. The number of nitrogens with one attached hydrogen (secondary N) is 1. The van der Waals surface area contributed by atoms with E-state index in [1.165, 1.54) is 11.3 Å². The molecule has 26 heavy (non-hydrogen) atoms. The summed E-state index contributed by atoms with van der Waals surface area (Å²) in [6.45, 7) is 4.81. The Morgan fingerprint density at radius 2 is 1.85 bits per heavy atom.